The van der Waals surface area contributed by atoms with E-state index in [1.165, 1.54) is 0 Å². The molecule has 0 radical (unpaired) electrons. The van der Waals surface area contributed by atoms with Gasteiger partial charge in [0, 0.05) is 6.04 Å². The lowest BCUT2D eigenvalue weighted by molar-refractivity contribution is -0.127. The summed E-state index contributed by atoms with van der Waals surface area (Å²) in [6, 6.07) is 5.07. The molecule has 1 atom stereocenters. The van der Waals surface area contributed by atoms with Crippen molar-refractivity contribution in [2.24, 2.45) is 0 Å². The number of rotatable bonds is 7. The summed E-state index contributed by atoms with van der Waals surface area (Å²) >= 11 is 0. The van der Waals surface area contributed by atoms with E-state index in [1.807, 2.05) is 20.8 Å². The summed E-state index contributed by atoms with van der Waals surface area (Å²) in [6.45, 7) is 7.66. The van der Waals surface area contributed by atoms with Crippen molar-refractivity contribution in [3.63, 3.8) is 0 Å². The molecular formula is C15H21NO4. The van der Waals surface area contributed by atoms with Gasteiger partial charge in [-0.15, -0.1) is 0 Å². The Kier molecular flexibility index (Phi) is 6.03. The molecule has 1 N–H and O–H groups in total. The molecule has 1 aromatic rings. The van der Waals surface area contributed by atoms with Crippen molar-refractivity contribution < 1.29 is 19.1 Å². The lowest BCUT2D eigenvalue weighted by atomic mass is 10.2. The van der Waals surface area contributed by atoms with Gasteiger partial charge >= 0.3 is 0 Å². The second-order valence-corrected chi connectivity index (χ2v) is 4.65. The summed E-state index contributed by atoms with van der Waals surface area (Å²) in [4.78, 5) is 22.9. The molecule has 1 unspecified atom stereocenters. The van der Waals surface area contributed by atoms with E-state index < -0.39 is 6.10 Å². The lowest BCUT2D eigenvalue weighted by Gasteiger charge is -2.19. The minimum atomic E-state index is -0.710. The molecule has 5 heteroatoms. The zero-order valence-electron chi connectivity index (χ0n) is 12.3. The SMILES string of the molecule is CCOc1cccc(C=O)c1OC(C)C(=O)NC(C)C. The molecule has 110 valence electrons. The summed E-state index contributed by atoms with van der Waals surface area (Å²) in [5.41, 5.74) is 0.361. The van der Waals surface area contributed by atoms with Gasteiger partial charge in [-0.3, -0.25) is 9.59 Å². The summed E-state index contributed by atoms with van der Waals surface area (Å²) in [5, 5.41) is 2.76. The highest BCUT2D eigenvalue weighted by Crippen LogP contribution is 2.31. The van der Waals surface area contributed by atoms with Gasteiger partial charge in [0.25, 0.3) is 5.91 Å². The van der Waals surface area contributed by atoms with Crippen LogP contribution in [0.3, 0.4) is 0 Å². The standard InChI is InChI=1S/C15H21NO4/c1-5-19-13-8-6-7-12(9-17)14(13)20-11(4)15(18)16-10(2)3/h6-11H,5H2,1-4H3,(H,16,18). The molecule has 0 aliphatic rings. The first kappa shape index (κ1) is 16.0. The monoisotopic (exact) mass is 279 g/mol. The summed E-state index contributed by atoms with van der Waals surface area (Å²) < 4.78 is 11.0. The van der Waals surface area contributed by atoms with E-state index in [1.54, 1.807) is 25.1 Å². The Morgan fingerprint density at radius 1 is 1.35 bits per heavy atom. The molecule has 5 nitrogen and oxygen atoms in total. The molecular weight excluding hydrogens is 258 g/mol. The van der Waals surface area contributed by atoms with E-state index in [0.717, 1.165) is 0 Å². The average molecular weight is 279 g/mol. The molecule has 1 rings (SSSR count). The highest BCUT2D eigenvalue weighted by molar-refractivity contribution is 5.83. The van der Waals surface area contributed by atoms with E-state index in [2.05, 4.69) is 5.32 Å². The molecule has 0 aromatic heterocycles. The number of hydrogen-bond donors (Lipinski definition) is 1. The molecule has 20 heavy (non-hydrogen) atoms. The van der Waals surface area contributed by atoms with Crippen LogP contribution in [-0.2, 0) is 4.79 Å². The molecule has 0 aliphatic heterocycles. The largest absolute Gasteiger partial charge is 0.490 e. The number of carbonyl (C=O) groups excluding carboxylic acids is 2. The fraction of sp³-hybridized carbons (Fsp3) is 0.467. The van der Waals surface area contributed by atoms with Crippen LogP contribution >= 0.6 is 0 Å². The van der Waals surface area contributed by atoms with Crippen molar-refractivity contribution in [2.45, 2.75) is 39.8 Å². The summed E-state index contributed by atoms with van der Waals surface area (Å²) in [5.74, 6) is 0.528. The van der Waals surface area contributed by atoms with Crippen LogP contribution in [0.5, 0.6) is 11.5 Å². The Morgan fingerprint density at radius 3 is 2.60 bits per heavy atom. The first-order valence-corrected chi connectivity index (χ1v) is 6.67. The predicted octanol–water partition coefficient (Wildman–Crippen LogP) is 2.19. The Bertz CT molecular complexity index is 471. The minimum Gasteiger partial charge on any atom is -0.490 e. The Labute approximate surface area is 119 Å². The van der Waals surface area contributed by atoms with Gasteiger partial charge in [-0.2, -0.15) is 0 Å². The Hall–Kier alpha value is -2.04. The Morgan fingerprint density at radius 2 is 2.05 bits per heavy atom. The fourth-order valence-corrected chi connectivity index (χ4v) is 1.65. The average Bonchev–Trinajstić information content (AvgIpc) is 2.40. The van der Waals surface area contributed by atoms with Crippen molar-refractivity contribution in [3.05, 3.63) is 23.8 Å². The van der Waals surface area contributed by atoms with Crippen LogP contribution in [-0.4, -0.2) is 30.9 Å². The molecule has 1 aromatic carbocycles. The quantitative estimate of drug-likeness (QED) is 0.777. The molecule has 1 amide bonds. The fourth-order valence-electron chi connectivity index (χ4n) is 1.65. The van der Waals surface area contributed by atoms with Crippen LogP contribution in [0, 0.1) is 0 Å². The number of nitrogens with one attached hydrogen (secondary N) is 1. The van der Waals surface area contributed by atoms with Crippen molar-refractivity contribution in [2.75, 3.05) is 6.61 Å². The van der Waals surface area contributed by atoms with Crippen molar-refractivity contribution in [1.29, 1.82) is 0 Å². The van der Waals surface area contributed by atoms with Gasteiger partial charge < -0.3 is 14.8 Å². The zero-order chi connectivity index (χ0) is 15.1. The normalized spacial score (nSPS) is 11.8. The number of benzene rings is 1. The summed E-state index contributed by atoms with van der Waals surface area (Å²) in [6.07, 6.45) is -0.0250. The van der Waals surface area contributed by atoms with Gasteiger partial charge in [-0.1, -0.05) is 6.07 Å². The van der Waals surface area contributed by atoms with Crippen LogP contribution in [0.25, 0.3) is 0 Å². The van der Waals surface area contributed by atoms with E-state index in [4.69, 9.17) is 9.47 Å². The second kappa shape index (κ2) is 7.53. The molecule has 0 spiro atoms. The smallest absolute Gasteiger partial charge is 0.260 e. The predicted molar refractivity (Wildman–Crippen MR) is 76.4 cm³/mol. The maximum absolute atomic E-state index is 11.9. The van der Waals surface area contributed by atoms with Crippen LogP contribution in [0.4, 0.5) is 0 Å². The first-order valence-electron chi connectivity index (χ1n) is 6.67. The van der Waals surface area contributed by atoms with Gasteiger partial charge in [0.15, 0.2) is 23.9 Å². The molecule has 0 saturated heterocycles. The number of ether oxygens (including phenoxy) is 2. The van der Waals surface area contributed by atoms with E-state index in [0.29, 0.717) is 30.0 Å². The van der Waals surface area contributed by atoms with Crippen molar-refractivity contribution in [3.8, 4) is 11.5 Å². The van der Waals surface area contributed by atoms with Crippen LogP contribution < -0.4 is 14.8 Å². The topological polar surface area (TPSA) is 64.6 Å². The lowest BCUT2D eigenvalue weighted by Crippen LogP contribution is -2.40. The highest BCUT2D eigenvalue weighted by atomic mass is 16.5. The van der Waals surface area contributed by atoms with Crippen molar-refractivity contribution in [1.82, 2.24) is 5.32 Å². The molecule has 0 bridgehead atoms. The van der Waals surface area contributed by atoms with Gasteiger partial charge in [0.05, 0.1) is 12.2 Å². The number of amides is 1. The van der Waals surface area contributed by atoms with E-state index in [-0.39, 0.29) is 11.9 Å². The third-order valence-electron chi connectivity index (χ3n) is 2.53. The number of aldehydes is 1. The third-order valence-corrected chi connectivity index (χ3v) is 2.53. The van der Waals surface area contributed by atoms with Crippen molar-refractivity contribution >= 4 is 12.2 Å². The second-order valence-electron chi connectivity index (χ2n) is 4.65. The maximum Gasteiger partial charge on any atom is 0.260 e. The molecule has 0 heterocycles. The van der Waals surface area contributed by atoms with E-state index >= 15 is 0 Å². The maximum atomic E-state index is 11.9. The number of carbonyl (C=O) groups is 2. The molecule has 0 saturated carbocycles. The minimum absolute atomic E-state index is 0.0289. The number of hydrogen-bond acceptors (Lipinski definition) is 4. The van der Waals surface area contributed by atoms with E-state index in [9.17, 15) is 9.59 Å². The molecule has 0 fully saturated rings. The zero-order valence-corrected chi connectivity index (χ0v) is 12.3. The van der Waals surface area contributed by atoms with Gasteiger partial charge in [0.2, 0.25) is 0 Å². The number of para-hydroxylation sites is 1. The van der Waals surface area contributed by atoms with Crippen LogP contribution in [0.15, 0.2) is 18.2 Å². The highest BCUT2D eigenvalue weighted by Gasteiger charge is 2.19. The van der Waals surface area contributed by atoms with Gasteiger partial charge in [0.1, 0.15) is 0 Å². The van der Waals surface area contributed by atoms with Crippen LogP contribution in [0.1, 0.15) is 38.1 Å². The first-order chi connectivity index (χ1) is 9.49. The van der Waals surface area contributed by atoms with Gasteiger partial charge in [-0.25, -0.2) is 0 Å². The third kappa shape index (κ3) is 4.26. The van der Waals surface area contributed by atoms with Crippen LogP contribution in [0.2, 0.25) is 0 Å². The summed E-state index contributed by atoms with van der Waals surface area (Å²) in [7, 11) is 0. The van der Waals surface area contributed by atoms with Gasteiger partial charge in [-0.05, 0) is 39.8 Å². The molecule has 0 aliphatic carbocycles. The Balaban J connectivity index is 2.94.